The highest BCUT2D eigenvalue weighted by molar-refractivity contribution is 7.94. The van der Waals surface area contributed by atoms with Crippen LogP contribution in [0.1, 0.15) is 39.3 Å². The van der Waals surface area contributed by atoms with Crippen LogP contribution in [0.4, 0.5) is 0 Å². The van der Waals surface area contributed by atoms with Crippen LogP contribution < -0.4 is 0 Å². The molecule has 0 spiro atoms. The molecule has 2 aromatic carbocycles. The van der Waals surface area contributed by atoms with E-state index < -0.39 is 16.1 Å². The number of hydrogen-bond acceptors (Lipinski definition) is 2. The SMILES string of the molecule is C[C-]=C(C)/C(C)=C(\C)C([N-]S(=O)(=O)c1ccccc1)c1ccccc1. The Balaban J connectivity index is 2.51. The van der Waals surface area contributed by atoms with Crippen LogP contribution in [0, 0.1) is 6.08 Å². The Morgan fingerprint density at radius 2 is 1.44 bits per heavy atom. The Hall–Kier alpha value is -2.17. The fourth-order valence-corrected chi connectivity index (χ4v) is 3.69. The lowest BCUT2D eigenvalue weighted by Gasteiger charge is -2.37. The van der Waals surface area contributed by atoms with Crippen LogP contribution in [0.3, 0.4) is 0 Å². The van der Waals surface area contributed by atoms with Crippen molar-refractivity contribution in [3.8, 4) is 0 Å². The molecule has 25 heavy (non-hydrogen) atoms. The molecule has 0 aliphatic rings. The van der Waals surface area contributed by atoms with Crippen LogP contribution in [0.2, 0.25) is 0 Å². The van der Waals surface area contributed by atoms with Gasteiger partial charge in [0.15, 0.2) is 0 Å². The largest absolute Gasteiger partial charge is 0.536 e. The van der Waals surface area contributed by atoms with Crippen molar-refractivity contribution in [2.24, 2.45) is 0 Å². The molecule has 0 bridgehead atoms. The first-order valence-corrected chi connectivity index (χ1v) is 9.57. The number of nitrogens with zero attached hydrogens (tertiary/aromatic N) is 1. The third kappa shape index (κ3) is 4.68. The molecule has 2 rings (SSSR count). The fourth-order valence-electron chi connectivity index (χ4n) is 2.51. The first-order chi connectivity index (χ1) is 11.9. The van der Waals surface area contributed by atoms with E-state index in [4.69, 9.17) is 0 Å². The van der Waals surface area contributed by atoms with Gasteiger partial charge < -0.3 is 4.72 Å². The van der Waals surface area contributed by atoms with Gasteiger partial charge in [-0.05, 0) is 12.1 Å². The molecular weight excluding hydrogens is 330 g/mol. The summed E-state index contributed by atoms with van der Waals surface area (Å²) in [5.74, 6) is 0. The summed E-state index contributed by atoms with van der Waals surface area (Å²) < 4.78 is 29.8. The third-order valence-corrected chi connectivity index (χ3v) is 5.70. The number of rotatable bonds is 6. The Kier molecular flexibility index (Phi) is 6.34. The van der Waals surface area contributed by atoms with Gasteiger partial charge in [-0.15, -0.1) is 13.8 Å². The van der Waals surface area contributed by atoms with Crippen LogP contribution in [0.5, 0.6) is 0 Å². The lowest BCUT2D eigenvalue weighted by Crippen LogP contribution is -2.09. The molecule has 132 valence electrons. The average Bonchev–Trinajstić information content (AvgIpc) is 2.65. The molecule has 4 heteroatoms. The molecule has 0 N–H and O–H groups in total. The molecule has 0 radical (unpaired) electrons. The Bertz CT molecular complexity index is 867. The number of hydrogen-bond donors (Lipinski definition) is 0. The van der Waals surface area contributed by atoms with E-state index in [1.54, 1.807) is 30.3 Å². The maximum atomic E-state index is 12.8. The first-order valence-electron chi connectivity index (χ1n) is 8.13. The highest BCUT2D eigenvalue weighted by Crippen LogP contribution is 2.37. The second-order valence-corrected chi connectivity index (χ2v) is 7.52. The Morgan fingerprint density at radius 3 is 1.96 bits per heavy atom. The maximum absolute atomic E-state index is 12.8. The zero-order valence-electron chi connectivity index (χ0n) is 15.0. The second-order valence-electron chi connectivity index (χ2n) is 5.89. The van der Waals surface area contributed by atoms with Gasteiger partial charge in [0.2, 0.25) is 0 Å². The molecule has 0 aromatic heterocycles. The molecule has 0 aliphatic heterocycles. The predicted octanol–water partition coefficient (Wildman–Crippen LogP) is 5.60. The number of benzene rings is 2. The van der Waals surface area contributed by atoms with Crippen molar-refractivity contribution in [1.82, 2.24) is 0 Å². The highest BCUT2D eigenvalue weighted by Gasteiger charge is 2.11. The molecule has 3 nitrogen and oxygen atoms in total. The topological polar surface area (TPSA) is 48.2 Å². The normalized spacial score (nSPS) is 14.8. The van der Waals surface area contributed by atoms with Gasteiger partial charge in [0.05, 0.1) is 0 Å². The zero-order valence-corrected chi connectivity index (χ0v) is 15.8. The van der Waals surface area contributed by atoms with Crippen molar-refractivity contribution in [2.75, 3.05) is 0 Å². The number of allylic oxidation sites excluding steroid dienone is 3. The molecule has 0 aliphatic carbocycles. The molecule has 0 amide bonds. The average molecular weight is 353 g/mol. The summed E-state index contributed by atoms with van der Waals surface area (Å²) >= 11 is 0. The summed E-state index contributed by atoms with van der Waals surface area (Å²) in [6, 6.07) is 17.3. The van der Waals surface area contributed by atoms with E-state index in [1.807, 2.05) is 58.0 Å². The monoisotopic (exact) mass is 353 g/mol. The van der Waals surface area contributed by atoms with Crippen LogP contribution in [0.15, 0.2) is 82.3 Å². The summed E-state index contributed by atoms with van der Waals surface area (Å²) in [5, 5.41) is 0. The van der Waals surface area contributed by atoms with Crippen molar-refractivity contribution in [3.63, 3.8) is 0 Å². The van der Waals surface area contributed by atoms with Crippen molar-refractivity contribution < 1.29 is 8.42 Å². The standard InChI is InChI=1S/C21H23NO2S/c1-5-16(2)17(3)18(4)21(19-12-8-6-9-13-19)22-25(23,24)20-14-10-7-11-15-20/h6-15,21H,1-4H3/q-2/b18-17+. The van der Waals surface area contributed by atoms with Gasteiger partial charge >= 0.3 is 0 Å². The fraction of sp³-hybridized carbons (Fsp3) is 0.238. The molecule has 1 atom stereocenters. The summed E-state index contributed by atoms with van der Waals surface area (Å²) in [4.78, 5) is 0.204. The minimum absolute atomic E-state index is 0.204. The Morgan fingerprint density at radius 1 is 0.920 bits per heavy atom. The van der Waals surface area contributed by atoms with Crippen LogP contribution >= 0.6 is 0 Å². The van der Waals surface area contributed by atoms with E-state index in [2.05, 4.69) is 10.8 Å². The van der Waals surface area contributed by atoms with Crippen molar-refractivity contribution in [1.29, 1.82) is 0 Å². The van der Waals surface area contributed by atoms with E-state index >= 15 is 0 Å². The summed E-state index contributed by atoms with van der Waals surface area (Å²) in [5.41, 5.74) is 3.74. The van der Waals surface area contributed by atoms with Gasteiger partial charge in [-0.2, -0.15) is 11.1 Å². The van der Waals surface area contributed by atoms with Gasteiger partial charge in [0.1, 0.15) is 10.0 Å². The van der Waals surface area contributed by atoms with E-state index in [1.165, 1.54) is 0 Å². The minimum atomic E-state index is -3.76. The zero-order chi connectivity index (χ0) is 18.4. The number of sulfonamides is 1. The second kappa shape index (κ2) is 8.28. The minimum Gasteiger partial charge on any atom is -0.536 e. The van der Waals surface area contributed by atoms with E-state index in [9.17, 15) is 8.42 Å². The van der Waals surface area contributed by atoms with E-state index in [-0.39, 0.29) is 4.90 Å². The van der Waals surface area contributed by atoms with Crippen LogP contribution in [-0.2, 0) is 10.0 Å². The molecule has 0 heterocycles. The van der Waals surface area contributed by atoms with Gasteiger partial charge in [-0.3, -0.25) is 6.08 Å². The van der Waals surface area contributed by atoms with Crippen molar-refractivity contribution >= 4 is 10.0 Å². The van der Waals surface area contributed by atoms with Crippen LogP contribution in [0.25, 0.3) is 4.72 Å². The predicted molar refractivity (Wildman–Crippen MR) is 103 cm³/mol. The lowest BCUT2D eigenvalue weighted by molar-refractivity contribution is 0.599. The molecule has 0 fully saturated rings. The Labute approximate surface area is 151 Å². The van der Waals surface area contributed by atoms with E-state index in [0.717, 1.165) is 22.3 Å². The van der Waals surface area contributed by atoms with E-state index in [0.29, 0.717) is 0 Å². The molecule has 0 saturated carbocycles. The first kappa shape index (κ1) is 19.2. The van der Waals surface area contributed by atoms with Gasteiger partial charge in [0.25, 0.3) is 0 Å². The quantitative estimate of drug-likeness (QED) is 0.501. The summed E-state index contributed by atoms with van der Waals surface area (Å²) in [7, 11) is -3.76. The highest BCUT2D eigenvalue weighted by atomic mass is 32.2. The summed E-state index contributed by atoms with van der Waals surface area (Å²) in [6.07, 6.45) is 3.11. The summed E-state index contributed by atoms with van der Waals surface area (Å²) in [6.45, 7) is 7.72. The third-order valence-electron chi connectivity index (χ3n) is 4.34. The maximum Gasteiger partial charge on any atom is 0.101 e. The lowest BCUT2D eigenvalue weighted by atomic mass is 9.94. The van der Waals surface area contributed by atoms with Crippen molar-refractivity contribution in [2.45, 2.75) is 38.6 Å². The van der Waals surface area contributed by atoms with Crippen LogP contribution in [-0.4, -0.2) is 8.42 Å². The smallest absolute Gasteiger partial charge is 0.101 e. The molecular formula is C21H23NO2S-2. The van der Waals surface area contributed by atoms with Gasteiger partial charge in [-0.25, -0.2) is 14.0 Å². The molecule has 0 saturated heterocycles. The molecule has 2 aromatic rings. The molecule has 1 unspecified atom stereocenters. The van der Waals surface area contributed by atoms with Gasteiger partial charge in [-0.1, -0.05) is 74.0 Å². The van der Waals surface area contributed by atoms with Crippen molar-refractivity contribution in [3.05, 3.63) is 93.7 Å². The van der Waals surface area contributed by atoms with Gasteiger partial charge in [0, 0.05) is 4.90 Å².